The molecule has 2 nitrogen and oxygen atoms in total. The summed E-state index contributed by atoms with van der Waals surface area (Å²) in [5.41, 5.74) is 7.55. The average molecular weight is 359 g/mol. The molecule has 0 bridgehead atoms. The third-order valence-corrected chi connectivity index (χ3v) is 3.91. The normalized spacial score (nSPS) is 12.2. The van der Waals surface area contributed by atoms with Crippen molar-refractivity contribution < 1.29 is 9.13 Å². The molecular weight excluding hydrogens is 345 g/mol. The zero-order chi connectivity index (χ0) is 14.7. The van der Waals surface area contributed by atoms with Gasteiger partial charge in [-0.2, -0.15) is 0 Å². The SMILES string of the molecule is COc1ccc(C(N)Cc2cc(Cl)ccc2F)cc1Br. The van der Waals surface area contributed by atoms with E-state index < -0.39 is 0 Å². The molecule has 5 heteroatoms. The van der Waals surface area contributed by atoms with Crippen LogP contribution in [0.2, 0.25) is 5.02 Å². The van der Waals surface area contributed by atoms with Crippen molar-refractivity contribution in [2.75, 3.05) is 7.11 Å². The first kappa shape index (κ1) is 15.3. The Hall–Kier alpha value is -1.10. The van der Waals surface area contributed by atoms with Gasteiger partial charge >= 0.3 is 0 Å². The molecule has 0 fully saturated rings. The van der Waals surface area contributed by atoms with E-state index >= 15 is 0 Å². The Balaban J connectivity index is 2.21. The molecule has 0 amide bonds. The fourth-order valence-corrected chi connectivity index (χ4v) is 2.72. The van der Waals surface area contributed by atoms with E-state index in [2.05, 4.69) is 15.9 Å². The predicted molar refractivity (Wildman–Crippen MR) is 82.7 cm³/mol. The number of hydrogen-bond donors (Lipinski definition) is 1. The fraction of sp³-hybridized carbons (Fsp3) is 0.200. The van der Waals surface area contributed by atoms with Crippen LogP contribution in [0.25, 0.3) is 0 Å². The van der Waals surface area contributed by atoms with Gasteiger partial charge in [0, 0.05) is 11.1 Å². The van der Waals surface area contributed by atoms with Crippen molar-refractivity contribution in [1.82, 2.24) is 0 Å². The van der Waals surface area contributed by atoms with Crippen LogP contribution in [0.5, 0.6) is 5.75 Å². The summed E-state index contributed by atoms with van der Waals surface area (Å²) in [5.74, 6) is 0.437. The first-order valence-corrected chi connectivity index (χ1v) is 7.21. The van der Waals surface area contributed by atoms with Crippen LogP contribution >= 0.6 is 27.5 Å². The molecule has 0 heterocycles. The molecule has 20 heavy (non-hydrogen) atoms. The van der Waals surface area contributed by atoms with Crippen LogP contribution < -0.4 is 10.5 Å². The summed E-state index contributed by atoms with van der Waals surface area (Å²) in [6.07, 6.45) is 0.380. The molecule has 0 radical (unpaired) electrons. The fourth-order valence-electron chi connectivity index (χ4n) is 1.97. The third kappa shape index (κ3) is 3.51. The summed E-state index contributed by atoms with van der Waals surface area (Å²) in [6, 6.07) is 9.75. The molecule has 0 aliphatic carbocycles. The van der Waals surface area contributed by atoms with Crippen molar-refractivity contribution in [3.05, 3.63) is 62.8 Å². The number of nitrogens with two attached hydrogens (primary N) is 1. The standard InChI is InChI=1S/C15H14BrClFNO/c1-20-15-5-2-9(7-12(15)16)14(19)8-10-6-11(17)3-4-13(10)18/h2-7,14H,8,19H2,1H3. The molecule has 0 aliphatic rings. The van der Waals surface area contributed by atoms with Crippen LogP contribution in [0.4, 0.5) is 4.39 Å². The number of hydrogen-bond acceptors (Lipinski definition) is 2. The van der Waals surface area contributed by atoms with Crippen molar-refractivity contribution in [2.45, 2.75) is 12.5 Å². The molecule has 2 N–H and O–H groups in total. The minimum absolute atomic E-state index is 0.294. The molecule has 106 valence electrons. The maximum Gasteiger partial charge on any atom is 0.133 e. The number of halogens is 3. The van der Waals surface area contributed by atoms with Crippen LogP contribution in [-0.2, 0) is 6.42 Å². The van der Waals surface area contributed by atoms with E-state index in [4.69, 9.17) is 22.1 Å². The summed E-state index contributed by atoms with van der Waals surface area (Å²) in [7, 11) is 1.60. The highest BCUT2D eigenvalue weighted by Gasteiger charge is 2.12. The summed E-state index contributed by atoms with van der Waals surface area (Å²) in [6.45, 7) is 0. The van der Waals surface area contributed by atoms with Crippen molar-refractivity contribution in [3.8, 4) is 5.75 Å². The first-order valence-electron chi connectivity index (χ1n) is 6.04. The molecule has 0 saturated heterocycles. The van der Waals surface area contributed by atoms with Gasteiger partial charge in [-0.1, -0.05) is 17.7 Å². The summed E-state index contributed by atoms with van der Waals surface area (Å²) in [4.78, 5) is 0. The Bertz CT molecular complexity index is 621. The smallest absolute Gasteiger partial charge is 0.133 e. The van der Waals surface area contributed by atoms with Gasteiger partial charge in [0.05, 0.1) is 11.6 Å². The Kier molecular flexibility index (Phi) is 5.02. The lowest BCUT2D eigenvalue weighted by Crippen LogP contribution is -2.14. The van der Waals surface area contributed by atoms with Crippen molar-refractivity contribution in [1.29, 1.82) is 0 Å². The Morgan fingerprint density at radius 2 is 2.05 bits per heavy atom. The molecular formula is C15H14BrClFNO. The van der Waals surface area contributed by atoms with Gasteiger partial charge in [0.1, 0.15) is 11.6 Å². The van der Waals surface area contributed by atoms with Crippen LogP contribution in [0, 0.1) is 5.82 Å². The van der Waals surface area contributed by atoms with Gasteiger partial charge in [0.25, 0.3) is 0 Å². The second-order valence-corrected chi connectivity index (χ2v) is 5.73. The Labute approximate surface area is 130 Å². The molecule has 2 aromatic rings. The van der Waals surface area contributed by atoms with E-state index in [1.165, 1.54) is 12.1 Å². The predicted octanol–water partition coefficient (Wildman–Crippen LogP) is 4.49. The average Bonchev–Trinajstić information content (AvgIpc) is 2.42. The van der Waals surface area contributed by atoms with Crippen LogP contribution in [-0.4, -0.2) is 7.11 Å². The highest BCUT2D eigenvalue weighted by molar-refractivity contribution is 9.10. The minimum Gasteiger partial charge on any atom is -0.496 e. The van der Waals surface area contributed by atoms with Crippen molar-refractivity contribution in [2.24, 2.45) is 5.73 Å². The molecule has 0 spiro atoms. The Morgan fingerprint density at radius 1 is 1.30 bits per heavy atom. The van der Waals surface area contributed by atoms with E-state index in [0.717, 1.165) is 15.8 Å². The van der Waals surface area contributed by atoms with Crippen molar-refractivity contribution in [3.63, 3.8) is 0 Å². The monoisotopic (exact) mass is 357 g/mol. The molecule has 1 atom stereocenters. The molecule has 0 saturated carbocycles. The van der Waals surface area contributed by atoms with Crippen LogP contribution in [0.1, 0.15) is 17.2 Å². The maximum absolute atomic E-state index is 13.7. The van der Waals surface area contributed by atoms with Crippen LogP contribution in [0.15, 0.2) is 40.9 Å². The topological polar surface area (TPSA) is 35.2 Å². The lowest BCUT2D eigenvalue weighted by Gasteiger charge is -2.14. The zero-order valence-electron chi connectivity index (χ0n) is 10.9. The van der Waals surface area contributed by atoms with E-state index in [-0.39, 0.29) is 11.9 Å². The van der Waals surface area contributed by atoms with E-state index in [1.807, 2.05) is 18.2 Å². The second kappa shape index (κ2) is 6.57. The largest absolute Gasteiger partial charge is 0.496 e. The van der Waals surface area contributed by atoms with Crippen LogP contribution in [0.3, 0.4) is 0 Å². The van der Waals surface area contributed by atoms with Gasteiger partial charge in [0.15, 0.2) is 0 Å². The lowest BCUT2D eigenvalue weighted by atomic mass is 9.99. The summed E-state index contributed by atoms with van der Waals surface area (Å²) in [5, 5.41) is 0.504. The van der Waals surface area contributed by atoms with Gasteiger partial charge in [-0.3, -0.25) is 0 Å². The maximum atomic E-state index is 13.7. The van der Waals surface area contributed by atoms with Gasteiger partial charge in [-0.15, -0.1) is 0 Å². The van der Waals surface area contributed by atoms with Gasteiger partial charge in [0.2, 0.25) is 0 Å². The van der Waals surface area contributed by atoms with E-state index in [9.17, 15) is 4.39 Å². The van der Waals surface area contributed by atoms with Crippen molar-refractivity contribution >= 4 is 27.5 Å². The third-order valence-electron chi connectivity index (χ3n) is 3.05. The minimum atomic E-state index is -0.315. The highest BCUT2D eigenvalue weighted by Crippen LogP contribution is 2.29. The number of methoxy groups -OCH3 is 1. The zero-order valence-corrected chi connectivity index (χ0v) is 13.2. The first-order chi connectivity index (χ1) is 9.51. The number of ether oxygens (including phenoxy) is 1. The molecule has 0 aliphatic heterocycles. The number of rotatable bonds is 4. The van der Waals surface area contributed by atoms with E-state index in [1.54, 1.807) is 13.2 Å². The summed E-state index contributed by atoms with van der Waals surface area (Å²) >= 11 is 9.29. The molecule has 1 unspecified atom stereocenters. The molecule has 0 aromatic heterocycles. The second-order valence-electron chi connectivity index (χ2n) is 4.44. The van der Waals surface area contributed by atoms with Gasteiger partial charge in [-0.25, -0.2) is 4.39 Å². The molecule has 2 rings (SSSR count). The highest BCUT2D eigenvalue weighted by atomic mass is 79.9. The van der Waals surface area contributed by atoms with Gasteiger partial charge < -0.3 is 10.5 Å². The van der Waals surface area contributed by atoms with E-state index in [0.29, 0.717) is 17.0 Å². The van der Waals surface area contributed by atoms with Gasteiger partial charge in [-0.05, 0) is 63.8 Å². The molecule has 2 aromatic carbocycles. The quantitative estimate of drug-likeness (QED) is 0.874. The number of benzene rings is 2. The Morgan fingerprint density at radius 3 is 2.70 bits per heavy atom. The summed E-state index contributed by atoms with van der Waals surface area (Å²) < 4.78 is 19.7. The lowest BCUT2D eigenvalue weighted by molar-refractivity contribution is 0.412.